The average Bonchev–Trinajstić information content (AvgIpc) is 2.84. The zero-order chi connectivity index (χ0) is 16.2. The first-order valence-corrected chi connectivity index (χ1v) is 8.15. The molecule has 22 heavy (non-hydrogen) atoms. The van der Waals surface area contributed by atoms with Gasteiger partial charge in [0, 0.05) is 24.7 Å². The Bertz CT molecular complexity index is 577. The molecule has 1 atom stereocenters. The highest BCUT2D eigenvalue weighted by Crippen LogP contribution is 2.58. The van der Waals surface area contributed by atoms with Crippen LogP contribution < -0.4 is 5.73 Å². The number of aromatic nitrogens is 2. The normalized spacial score (nSPS) is 34.7. The fourth-order valence-corrected chi connectivity index (χ4v) is 4.08. The highest BCUT2D eigenvalue weighted by molar-refractivity contribution is 5.78. The molecule has 0 spiro atoms. The lowest BCUT2D eigenvalue weighted by Crippen LogP contribution is -2.59. The maximum atomic E-state index is 12.8. The molecular weight excluding hydrogens is 278 g/mol. The van der Waals surface area contributed by atoms with E-state index in [0.29, 0.717) is 0 Å². The molecule has 1 aromatic heterocycles. The summed E-state index contributed by atoms with van der Waals surface area (Å²) in [5.74, 6) is 0.145. The first kappa shape index (κ1) is 15.5. The Morgan fingerprint density at radius 3 is 2.50 bits per heavy atom. The SMILES string of the molecule is Cn1cc(C2CC3(C(=O)OC(C)(C)C)CCC2(N)CC3)cn1. The van der Waals surface area contributed by atoms with Crippen LogP contribution in [0.5, 0.6) is 0 Å². The van der Waals surface area contributed by atoms with Gasteiger partial charge in [0.25, 0.3) is 0 Å². The van der Waals surface area contributed by atoms with Crippen LogP contribution >= 0.6 is 0 Å². The number of carbonyl (C=O) groups is 1. The van der Waals surface area contributed by atoms with Gasteiger partial charge in [0.1, 0.15) is 5.60 Å². The Kier molecular flexibility index (Phi) is 3.40. The molecule has 0 saturated heterocycles. The molecule has 1 unspecified atom stereocenters. The van der Waals surface area contributed by atoms with Gasteiger partial charge in [-0.3, -0.25) is 9.48 Å². The van der Waals surface area contributed by atoms with E-state index in [1.165, 1.54) is 0 Å². The molecule has 5 nitrogen and oxygen atoms in total. The van der Waals surface area contributed by atoms with Crippen molar-refractivity contribution in [1.29, 1.82) is 0 Å². The van der Waals surface area contributed by atoms with Crippen molar-refractivity contribution in [1.82, 2.24) is 9.78 Å². The Hall–Kier alpha value is -1.36. The second-order valence-corrected chi connectivity index (χ2v) is 8.22. The minimum atomic E-state index is -0.440. The molecule has 0 aromatic carbocycles. The third-order valence-corrected chi connectivity index (χ3v) is 5.39. The molecule has 3 saturated carbocycles. The van der Waals surface area contributed by atoms with Gasteiger partial charge in [-0.25, -0.2) is 0 Å². The molecular formula is C17H27N3O2. The van der Waals surface area contributed by atoms with E-state index in [9.17, 15) is 4.79 Å². The van der Waals surface area contributed by atoms with E-state index >= 15 is 0 Å². The van der Waals surface area contributed by atoms with Gasteiger partial charge >= 0.3 is 5.97 Å². The van der Waals surface area contributed by atoms with Crippen LogP contribution in [0.3, 0.4) is 0 Å². The number of hydrogen-bond donors (Lipinski definition) is 1. The van der Waals surface area contributed by atoms with E-state index in [2.05, 4.69) is 5.10 Å². The van der Waals surface area contributed by atoms with E-state index in [1.807, 2.05) is 40.2 Å². The maximum absolute atomic E-state index is 12.8. The van der Waals surface area contributed by atoms with E-state index in [1.54, 1.807) is 4.68 Å². The second-order valence-electron chi connectivity index (χ2n) is 8.22. The average molecular weight is 305 g/mol. The quantitative estimate of drug-likeness (QED) is 0.852. The number of rotatable bonds is 2. The van der Waals surface area contributed by atoms with Gasteiger partial charge in [0.2, 0.25) is 0 Å². The molecule has 3 aliphatic rings. The van der Waals surface area contributed by atoms with Crippen molar-refractivity contribution < 1.29 is 9.53 Å². The van der Waals surface area contributed by atoms with Crippen LogP contribution in [0.2, 0.25) is 0 Å². The molecule has 2 N–H and O–H groups in total. The van der Waals surface area contributed by atoms with Crippen LogP contribution in [-0.2, 0) is 16.6 Å². The molecule has 2 bridgehead atoms. The topological polar surface area (TPSA) is 70.1 Å². The van der Waals surface area contributed by atoms with Gasteiger partial charge in [0.05, 0.1) is 11.6 Å². The summed E-state index contributed by atoms with van der Waals surface area (Å²) in [5, 5.41) is 4.28. The number of fused-ring (bicyclic) bond motifs is 3. The lowest BCUT2D eigenvalue weighted by atomic mass is 9.52. The van der Waals surface area contributed by atoms with Crippen molar-refractivity contribution in [3.63, 3.8) is 0 Å². The first-order valence-electron chi connectivity index (χ1n) is 8.15. The minimum absolute atomic E-state index is 0.0457. The Labute approximate surface area is 132 Å². The molecule has 1 heterocycles. The summed E-state index contributed by atoms with van der Waals surface area (Å²) in [5.41, 5.74) is 6.82. The van der Waals surface area contributed by atoms with Crippen LogP contribution in [0.15, 0.2) is 12.4 Å². The van der Waals surface area contributed by atoms with Gasteiger partial charge in [-0.15, -0.1) is 0 Å². The highest BCUT2D eigenvalue weighted by Gasteiger charge is 2.57. The fourth-order valence-electron chi connectivity index (χ4n) is 4.08. The standard InChI is InChI=1S/C17H27N3O2/c1-15(2,3)22-14(21)16-5-7-17(18,8-6-16)13(9-16)12-10-19-20(4)11-12/h10-11,13H,5-9,18H2,1-4H3. The fraction of sp³-hybridized carbons (Fsp3) is 0.765. The van der Waals surface area contributed by atoms with Crippen molar-refractivity contribution in [3.05, 3.63) is 18.0 Å². The van der Waals surface area contributed by atoms with Gasteiger partial charge in [-0.05, 0) is 58.4 Å². The molecule has 1 aromatic rings. The third-order valence-electron chi connectivity index (χ3n) is 5.39. The molecule has 3 fully saturated rings. The number of esters is 1. The summed E-state index contributed by atoms with van der Waals surface area (Å²) < 4.78 is 7.52. The van der Waals surface area contributed by atoms with Crippen molar-refractivity contribution >= 4 is 5.97 Å². The van der Waals surface area contributed by atoms with Crippen molar-refractivity contribution in [2.45, 2.75) is 69.9 Å². The van der Waals surface area contributed by atoms with Crippen LogP contribution in [0.1, 0.15) is 64.4 Å². The largest absolute Gasteiger partial charge is 0.460 e. The number of carbonyl (C=O) groups excluding carboxylic acids is 1. The number of ether oxygens (including phenoxy) is 1. The van der Waals surface area contributed by atoms with E-state index < -0.39 is 5.60 Å². The van der Waals surface area contributed by atoms with Gasteiger partial charge < -0.3 is 10.5 Å². The predicted molar refractivity (Wildman–Crippen MR) is 84.2 cm³/mol. The lowest BCUT2D eigenvalue weighted by Gasteiger charge is -2.55. The van der Waals surface area contributed by atoms with E-state index in [-0.39, 0.29) is 22.8 Å². The zero-order valence-electron chi connectivity index (χ0n) is 14.1. The molecule has 5 heteroatoms. The summed E-state index contributed by atoms with van der Waals surface area (Å²) in [6.07, 6.45) is 8.15. The number of hydrogen-bond acceptors (Lipinski definition) is 4. The van der Waals surface area contributed by atoms with Crippen LogP contribution in [-0.4, -0.2) is 26.9 Å². The van der Waals surface area contributed by atoms with Crippen LogP contribution in [0.25, 0.3) is 0 Å². The first-order chi connectivity index (χ1) is 10.1. The van der Waals surface area contributed by atoms with Gasteiger partial charge in [-0.1, -0.05) is 0 Å². The van der Waals surface area contributed by atoms with Crippen molar-refractivity contribution in [2.75, 3.05) is 0 Å². The summed E-state index contributed by atoms with van der Waals surface area (Å²) in [6, 6.07) is 0. The highest BCUT2D eigenvalue weighted by atomic mass is 16.6. The maximum Gasteiger partial charge on any atom is 0.312 e. The monoisotopic (exact) mass is 305 g/mol. The summed E-state index contributed by atoms with van der Waals surface area (Å²) >= 11 is 0. The molecule has 0 radical (unpaired) electrons. The van der Waals surface area contributed by atoms with Crippen LogP contribution in [0, 0.1) is 5.41 Å². The summed E-state index contributed by atoms with van der Waals surface area (Å²) in [6.45, 7) is 5.79. The second kappa shape index (κ2) is 4.82. The number of aryl methyl sites for hydroxylation is 1. The zero-order valence-corrected chi connectivity index (χ0v) is 14.1. The Balaban J connectivity index is 1.88. The number of nitrogens with zero attached hydrogens (tertiary/aromatic N) is 2. The number of nitrogens with two attached hydrogens (primary N) is 1. The van der Waals surface area contributed by atoms with Crippen molar-refractivity contribution in [2.24, 2.45) is 18.2 Å². The van der Waals surface area contributed by atoms with Gasteiger partial charge in [-0.2, -0.15) is 5.10 Å². The molecule has 4 rings (SSSR count). The third kappa shape index (κ3) is 2.56. The molecule has 122 valence electrons. The lowest BCUT2D eigenvalue weighted by molar-refractivity contribution is -0.175. The van der Waals surface area contributed by atoms with Crippen molar-refractivity contribution in [3.8, 4) is 0 Å². The Morgan fingerprint density at radius 1 is 1.36 bits per heavy atom. The molecule has 3 aliphatic carbocycles. The Morgan fingerprint density at radius 2 is 2.00 bits per heavy atom. The predicted octanol–water partition coefficient (Wildman–Crippen LogP) is 2.51. The van der Waals surface area contributed by atoms with E-state index in [0.717, 1.165) is 37.7 Å². The molecule has 0 amide bonds. The summed E-state index contributed by atoms with van der Waals surface area (Å²) in [7, 11) is 1.91. The van der Waals surface area contributed by atoms with E-state index in [4.69, 9.17) is 10.5 Å². The summed E-state index contributed by atoms with van der Waals surface area (Å²) in [4.78, 5) is 12.8. The smallest absolute Gasteiger partial charge is 0.312 e. The van der Waals surface area contributed by atoms with Crippen LogP contribution in [0.4, 0.5) is 0 Å². The molecule has 0 aliphatic heterocycles. The minimum Gasteiger partial charge on any atom is -0.460 e. The van der Waals surface area contributed by atoms with Gasteiger partial charge in [0.15, 0.2) is 0 Å².